The third kappa shape index (κ3) is 1.15. The summed E-state index contributed by atoms with van der Waals surface area (Å²) in [6.07, 6.45) is 1.83. The van der Waals surface area contributed by atoms with Gasteiger partial charge in [0, 0.05) is 12.5 Å². The smallest absolute Gasteiger partial charge is 0.411 e. The highest BCUT2D eigenvalue weighted by molar-refractivity contribution is 5.73. The van der Waals surface area contributed by atoms with Gasteiger partial charge in [-0.2, -0.15) is 0 Å². The molecule has 0 aromatic carbocycles. The predicted octanol–water partition coefficient (Wildman–Crippen LogP) is 2.17. The van der Waals surface area contributed by atoms with Gasteiger partial charge in [0.2, 0.25) is 0 Å². The first-order valence-corrected chi connectivity index (χ1v) is 6.46. The Balaban J connectivity index is 2.13. The second kappa shape index (κ2) is 2.97. The van der Waals surface area contributed by atoms with Crippen molar-refractivity contribution in [3.05, 3.63) is 0 Å². The van der Waals surface area contributed by atoms with Crippen LogP contribution < -0.4 is 0 Å². The molecule has 0 bridgehead atoms. The summed E-state index contributed by atoms with van der Waals surface area (Å²) in [7, 11) is 0. The molecule has 1 saturated carbocycles. The monoisotopic (exact) mass is 239 g/mol. The van der Waals surface area contributed by atoms with Gasteiger partial charge in [0.05, 0.1) is 17.7 Å². The summed E-state index contributed by atoms with van der Waals surface area (Å²) in [4.78, 5) is 13.9. The maximum Gasteiger partial charge on any atom is 0.411 e. The van der Waals surface area contributed by atoms with Gasteiger partial charge in [-0.1, -0.05) is 0 Å². The standard InChI is InChI=1S/C13H21NO3/c1-11(2)9-5-6-12(3)13(9,4)14(7-8-16-11)10(15)17-12/h9H,5-8H2,1-4H3/t9-,12-,13+/m0/s1. The molecular weight excluding hydrogens is 218 g/mol. The first-order valence-electron chi connectivity index (χ1n) is 6.46. The molecule has 0 spiro atoms. The van der Waals surface area contributed by atoms with E-state index in [9.17, 15) is 4.79 Å². The SMILES string of the molecule is CC1(C)OCCN2C(=O)O[C@@]3(C)CC[C@@H]1[C@@]23C. The van der Waals surface area contributed by atoms with Crippen molar-refractivity contribution < 1.29 is 14.3 Å². The van der Waals surface area contributed by atoms with E-state index in [2.05, 4.69) is 27.7 Å². The van der Waals surface area contributed by atoms with Crippen molar-refractivity contribution in [3.8, 4) is 0 Å². The average Bonchev–Trinajstić information content (AvgIpc) is 2.49. The summed E-state index contributed by atoms with van der Waals surface area (Å²) >= 11 is 0. The zero-order chi connectivity index (χ0) is 12.5. The minimum Gasteiger partial charge on any atom is -0.441 e. The van der Waals surface area contributed by atoms with Crippen LogP contribution in [0.15, 0.2) is 0 Å². The van der Waals surface area contributed by atoms with Crippen molar-refractivity contribution in [1.29, 1.82) is 0 Å². The minimum absolute atomic E-state index is 0.166. The molecule has 4 nitrogen and oxygen atoms in total. The highest BCUT2D eigenvalue weighted by atomic mass is 16.6. The van der Waals surface area contributed by atoms with E-state index in [0.29, 0.717) is 19.1 Å². The molecule has 0 aromatic rings. The van der Waals surface area contributed by atoms with Gasteiger partial charge in [-0.05, 0) is 40.5 Å². The van der Waals surface area contributed by atoms with E-state index >= 15 is 0 Å². The third-order valence-electron chi connectivity index (χ3n) is 5.38. The van der Waals surface area contributed by atoms with Gasteiger partial charge in [0.25, 0.3) is 0 Å². The molecule has 0 radical (unpaired) electrons. The van der Waals surface area contributed by atoms with Crippen LogP contribution in [0.4, 0.5) is 4.79 Å². The molecule has 1 aliphatic carbocycles. The topological polar surface area (TPSA) is 38.8 Å². The molecule has 0 unspecified atom stereocenters. The molecule has 96 valence electrons. The van der Waals surface area contributed by atoms with E-state index in [0.717, 1.165) is 12.8 Å². The Morgan fingerprint density at radius 1 is 1.29 bits per heavy atom. The molecule has 17 heavy (non-hydrogen) atoms. The molecule has 0 aromatic heterocycles. The predicted molar refractivity (Wildman–Crippen MR) is 62.8 cm³/mol. The van der Waals surface area contributed by atoms with E-state index in [-0.39, 0.29) is 22.8 Å². The average molecular weight is 239 g/mol. The number of hydrogen-bond acceptors (Lipinski definition) is 3. The van der Waals surface area contributed by atoms with E-state index in [1.54, 1.807) is 0 Å². The summed E-state index contributed by atoms with van der Waals surface area (Å²) in [5, 5.41) is 0. The van der Waals surface area contributed by atoms with Crippen molar-refractivity contribution in [2.45, 2.75) is 57.3 Å². The molecule has 3 aliphatic rings. The van der Waals surface area contributed by atoms with Gasteiger partial charge in [0.1, 0.15) is 5.60 Å². The molecule has 2 aliphatic heterocycles. The molecular formula is C13H21NO3. The number of ether oxygens (including phenoxy) is 2. The van der Waals surface area contributed by atoms with Crippen molar-refractivity contribution in [2.75, 3.05) is 13.2 Å². The van der Waals surface area contributed by atoms with Gasteiger partial charge in [-0.25, -0.2) is 4.79 Å². The van der Waals surface area contributed by atoms with E-state index in [1.807, 2.05) is 4.90 Å². The minimum atomic E-state index is -0.347. The number of rotatable bonds is 0. The van der Waals surface area contributed by atoms with Crippen LogP contribution in [0.3, 0.4) is 0 Å². The van der Waals surface area contributed by atoms with E-state index in [1.165, 1.54) is 0 Å². The van der Waals surface area contributed by atoms with Gasteiger partial charge in [0.15, 0.2) is 0 Å². The zero-order valence-electron chi connectivity index (χ0n) is 11.1. The Morgan fingerprint density at radius 2 is 2.00 bits per heavy atom. The molecule has 3 rings (SSSR count). The summed E-state index contributed by atoms with van der Waals surface area (Å²) in [6, 6.07) is 0. The Labute approximate surface area is 102 Å². The lowest BCUT2D eigenvalue weighted by molar-refractivity contribution is -0.0707. The van der Waals surface area contributed by atoms with Gasteiger partial charge >= 0.3 is 6.09 Å². The fourth-order valence-corrected chi connectivity index (χ4v) is 4.24. The van der Waals surface area contributed by atoms with Gasteiger partial charge in [-0.3, -0.25) is 4.90 Å². The lowest BCUT2D eigenvalue weighted by Crippen LogP contribution is -2.58. The van der Waals surface area contributed by atoms with Crippen LogP contribution in [-0.4, -0.2) is 40.9 Å². The van der Waals surface area contributed by atoms with Crippen LogP contribution in [0.2, 0.25) is 0 Å². The maximum atomic E-state index is 12.0. The molecule has 3 fully saturated rings. The van der Waals surface area contributed by atoms with E-state index < -0.39 is 0 Å². The molecule has 1 amide bonds. The van der Waals surface area contributed by atoms with Crippen molar-refractivity contribution >= 4 is 6.09 Å². The molecule has 0 N–H and O–H groups in total. The van der Waals surface area contributed by atoms with Crippen LogP contribution in [0, 0.1) is 5.92 Å². The number of carbonyl (C=O) groups excluding carboxylic acids is 1. The second-order valence-corrected chi connectivity index (χ2v) is 6.44. The largest absolute Gasteiger partial charge is 0.441 e. The summed E-state index contributed by atoms with van der Waals surface area (Å²) in [5.74, 6) is 0.342. The first-order chi connectivity index (χ1) is 7.81. The number of carbonyl (C=O) groups is 1. The Bertz CT molecular complexity index is 381. The number of amides is 1. The normalized spacial score (nSPS) is 47.6. The van der Waals surface area contributed by atoms with Crippen LogP contribution in [0.1, 0.15) is 40.5 Å². The second-order valence-electron chi connectivity index (χ2n) is 6.44. The Morgan fingerprint density at radius 3 is 2.71 bits per heavy atom. The van der Waals surface area contributed by atoms with Crippen molar-refractivity contribution in [2.24, 2.45) is 5.92 Å². The Kier molecular flexibility index (Phi) is 1.98. The Hall–Kier alpha value is -0.770. The van der Waals surface area contributed by atoms with Crippen LogP contribution >= 0.6 is 0 Å². The summed E-state index contributed by atoms with van der Waals surface area (Å²) < 4.78 is 11.6. The van der Waals surface area contributed by atoms with Crippen molar-refractivity contribution in [1.82, 2.24) is 4.90 Å². The first kappa shape index (κ1) is 11.3. The lowest BCUT2D eigenvalue weighted by atomic mass is 9.73. The fourth-order valence-electron chi connectivity index (χ4n) is 4.24. The highest BCUT2D eigenvalue weighted by Gasteiger charge is 2.70. The quantitative estimate of drug-likeness (QED) is 0.650. The van der Waals surface area contributed by atoms with Gasteiger partial charge < -0.3 is 9.47 Å². The van der Waals surface area contributed by atoms with E-state index in [4.69, 9.17) is 9.47 Å². The summed E-state index contributed by atoms with van der Waals surface area (Å²) in [5.41, 5.74) is -0.751. The number of hydrogen-bond donors (Lipinski definition) is 0. The molecule has 2 saturated heterocycles. The lowest BCUT2D eigenvalue weighted by Gasteiger charge is -2.43. The molecule has 2 heterocycles. The maximum absolute atomic E-state index is 12.0. The third-order valence-corrected chi connectivity index (χ3v) is 5.38. The van der Waals surface area contributed by atoms with Crippen LogP contribution in [0.25, 0.3) is 0 Å². The fraction of sp³-hybridized carbons (Fsp3) is 0.923. The number of nitrogens with zero attached hydrogens (tertiary/aromatic N) is 1. The van der Waals surface area contributed by atoms with Gasteiger partial charge in [-0.15, -0.1) is 0 Å². The van der Waals surface area contributed by atoms with Crippen LogP contribution in [0.5, 0.6) is 0 Å². The molecule has 3 atom stereocenters. The highest BCUT2D eigenvalue weighted by Crippen LogP contribution is 2.58. The van der Waals surface area contributed by atoms with Crippen LogP contribution in [-0.2, 0) is 9.47 Å². The zero-order valence-corrected chi connectivity index (χ0v) is 11.1. The molecule has 4 heteroatoms. The summed E-state index contributed by atoms with van der Waals surface area (Å²) in [6.45, 7) is 9.77. The van der Waals surface area contributed by atoms with Crippen molar-refractivity contribution in [3.63, 3.8) is 0 Å².